The van der Waals surface area contributed by atoms with Crippen LogP contribution in [0.3, 0.4) is 0 Å². The highest BCUT2D eigenvalue weighted by Crippen LogP contribution is 2.31. The van der Waals surface area contributed by atoms with Gasteiger partial charge >= 0.3 is 12.4 Å². The van der Waals surface area contributed by atoms with E-state index in [1.54, 1.807) is 4.90 Å². The maximum Gasteiger partial charge on any atom is 0.573 e. The van der Waals surface area contributed by atoms with Gasteiger partial charge in [0, 0.05) is 12.1 Å². The summed E-state index contributed by atoms with van der Waals surface area (Å²) in [7, 11) is 0. The molecule has 0 aliphatic carbocycles. The van der Waals surface area contributed by atoms with Crippen LogP contribution in [0.25, 0.3) is 17.1 Å². The molecule has 5 rings (SSSR count). The maximum absolute atomic E-state index is 12.7. The molecule has 0 radical (unpaired) electrons. The molecule has 0 spiro atoms. The Kier molecular flexibility index (Phi) is 9.33. The number of aryl methyl sites for hydroxylation is 2. The number of urea groups is 1. The lowest BCUT2D eigenvalue weighted by atomic mass is 10.0. The molecular weight excluding hydrogens is 593 g/mol. The number of halogens is 3. The van der Waals surface area contributed by atoms with Gasteiger partial charge in [-0.25, -0.2) is 14.5 Å². The van der Waals surface area contributed by atoms with Gasteiger partial charge in [0.05, 0.1) is 17.1 Å². The number of benzene rings is 3. The van der Waals surface area contributed by atoms with Crippen molar-refractivity contribution in [2.24, 2.45) is 4.99 Å². The van der Waals surface area contributed by atoms with Crippen LogP contribution in [0.2, 0.25) is 0 Å². The molecule has 3 aromatic carbocycles. The first-order valence-corrected chi connectivity index (χ1v) is 14.9. The molecule has 228 valence electrons. The zero-order valence-electron chi connectivity index (χ0n) is 24.0. The van der Waals surface area contributed by atoms with Gasteiger partial charge in [-0.2, -0.15) is 4.99 Å². The lowest BCUT2D eigenvalue weighted by Crippen LogP contribution is -2.32. The van der Waals surface area contributed by atoms with Gasteiger partial charge in [-0.05, 0) is 66.8 Å². The summed E-state index contributed by atoms with van der Waals surface area (Å²) in [4.78, 5) is 35.5. The summed E-state index contributed by atoms with van der Waals surface area (Å²) in [6.07, 6.45) is -0.980. The van der Waals surface area contributed by atoms with Crippen LogP contribution in [0, 0.1) is 6.92 Å². The quantitative estimate of drug-likeness (QED) is 0.229. The number of amides is 3. The summed E-state index contributed by atoms with van der Waals surface area (Å²) >= 11 is 1.25. The van der Waals surface area contributed by atoms with E-state index in [1.807, 2.05) is 49.4 Å². The average molecular weight is 623 g/mol. The molecular formula is C31H29F3N6O3S. The Morgan fingerprint density at radius 2 is 1.82 bits per heavy atom. The highest BCUT2D eigenvalue weighted by Gasteiger charge is 2.32. The molecule has 1 N–H and O–H groups in total. The van der Waals surface area contributed by atoms with Crippen LogP contribution in [0.5, 0.6) is 5.75 Å². The number of aromatic nitrogens is 3. The summed E-state index contributed by atoms with van der Waals surface area (Å²) in [5, 5.41) is 7.59. The predicted octanol–water partition coefficient (Wildman–Crippen LogP) is 6.48. The van der Waals surface area contributed by atoms with Crippen LogP contribution in [0.1, 0.15) is 30.0 Å². The van der Waals surface area contributed by atoms with Crippen LogP contribution in [0.15, 0.2) is 78.0 Å². The fourth-order valence-corrected chi connectivity index (χ4v) is 5.48. The molecule has 0 unspecified atom stereocenters. The van der Waals surface area contributed by atoms with E-state index in [-0.39, 0.29) is 17.4 Å². The minimum Gasteiger partial charge on any atom is -0.406 e. The molecule has 1 fully saturated rings. The van der Waals surface area contributed by atoms with E-state index >= 15 is 0 Å². The lowest BCUT2D eigenvalue weighted by Gasteiger charge is -2.20. The molecule has 1 aromatic heterocycles. The fraction of sp³-hybridized carbons (Fsp3) is 0.258. The van der Waals surface area contributed by atoms with Crippen LogP contribution in [-0.4, -0.2) is 50.5 Å². The van der Waals surface area contributed by atoms with Gasteiger partial charge in [-0.3, -0.25) is 9.69 Å². The molecule has 9 nitrogen and oxygen atoms in total. The number of amidine groups is 1. The van der Waals surface area contributed by atoms with E-state index < -0.39 is 12.4 Å². The van der Waals surface area contributed by atoms with Crippen LogP contribution in [0.4, 0.5) is 23.7 Å². The molecule has 0 atom stereocenters. The molecule has 0 bridgehead atoms. The normalized spacial score (nSPS) is 14.3. The Labute approximate surface area is 256 Å². The van der Waals surface area contributed by atoms with Crippen molar-refractivity contribution >= 4 is 34.6 Å². The SMILES string of the molecule is CCCc1ccc(C)cc1N1C(=O)CS/C1=N\C(=O)NCCc1ccc(-c2ncn(-c3ccc(OC(F)(F)F)cc3)n2)cc1. The van der Waals surface area contributed by atoms with Gasteiger partial charge in [-0.15, -0.1) is 18.3 Å². The largest absolute Gasteiger partial charge is 0.573 e. The lowest BCUT2D eigenvalue weighted by molar-refractivity contribution is -0.274. The number of nitrogens with zero attached hydrogens (tertiary/aromatic N) is 5. The Morgan fingerprint density at radius 1 is 1.07 bits per heavy atom. The summed E-state index contributed by atoms with van der Waals surface area (Å²) in [5.74, 6) is 0.255. The molecule has 1 saturated heterocycles. The Morgan fingerprint density at radius 3 is 2.52 bits per heavy atom. The number of hydrogen-bond donors (Lipinski definition) is 1. The minimum atomic E-state index is -4.76. The van der Waals surface area contributed by atoms with Crippen molar-refractivity contribution in [3.05, 3.63) is 89.7 Å². The van der Waals surface area contributed by atoms with Crippen molar-refractivity contribution in [1.29, 1.82) is 0 Å². The van der Waals surface area contributed by atoms with Crippen LogP contribution < -0.4 is 15.0 Å². The van der Waals surface area contributed by atoms with E-state index in [0.717, 1.165) is 40.8 Å². The summed E-state index contributed by atoms with van der Waals surface area (Å²) < 4.78 is 42.5. The van der Waals surface area contributed by atoms with Gasteiger partial charge in [0.1, 0.15) is 12.1 Å². The van der Waals surface area contributed by atoms with Crippen molar-refractivity contribution in [3.63, 3.8) is 0 Å². The number of carbonyl (C=O) groups excluding carboxylic acids is 2. The molecule has 1 aliphatic rings. The van der Waals surface area contributed by atoms with Gasteiger partial charge in [0.25, 0.3) is 0 Å². The smallest absolute Gasteiger partial charge is 0.406 e. The number of alkyl halides is 3. The number of aliphatic imine (C=N–C) groups is 1. The predicted molar refractivity (Wildman–Crippen MR) is 163 cm³/mol. The maximum atomic E-state index is 12.7. The first-order valence-electron chi connectivity index (χ1n) is 13.9. The van der Waals surface area contributed by atoms with Gasteiger partial charge < -0.3 is 10.1 Å². The molecule has 3 amide bonds. The number of nitrogens with one attached hydrogen (secondary N) is 1. The van der Waals surface area contributed by atoms with Gasteiger partial charge in [-0.1, -0.05) is 61.5 Å². The Hall–Kier alpha value is -4.65. The first-order chi connectivity index (χ1) is 21.1. The number of thioether (sulfide) groups is 1. The molecule has 0 saturated carbocycles. The van der Waals surface area contributed by atoms with Crippen molar-refractivity contribution in [2.45, 2.75) is 39.5 Å². The van der Waals surface area contributed by atoms with Crippen molar-refractivity contribution in [2.75, 3.05) is 17.2 Å². The monoisotopic (exact) mass is 622 g/mol. The first kappa shape index (κ1) is 30.8. The zero-order chi connectivity index (χ0) is 31.3. The average Bonchev–Trinajstić information content (AvgIpc) is 3.61. The third-order valence-electron chi connectivity index (χ3n) is 6.69. The van der Waals surface area contributed by atoms with E-state index in [2.05, 4.69) is 32.1 Å². The second-order valence-corrected chi connectivity index (χ2v) is 11.0. The van der Waals surface area contributed by atoms with Crippen molar-refractivity contribution in [3.8, 4) is 22.8 Å². The van der Waals surface area contributed by atoms with E-state index in [9.17, 15) is 22.8 Å². The summed E-state index contributed by atoms with van der Waals surface area (Å²) in [6.45, 7) is 4.39. The van der Waals surface area contributed by atoms with E-state index in [4.69, 9.17) is 0 Å². The van der Waals surface area contributed by atoms with Crippen LogP contribution >= 0.6 is 11.8 Å². The third kappa shape index (κ3) is 7.64. The molecule has 1 aliphatic heterocycles. The standard InChI is InChI=1S/C31H29F3N6O3S/c1-3-4-22-8-5-20(2)17-26(22)40-27(41)18-44-30(40)37-29(42)35-16-15-21-6-9-23(10-7-21)28-36-19-39(38-28)24-11-13-25(14-12-24)43-31(32,33)34/h5-14,17,19H,3-4,15-16,18H2,1-2H3,(H,35,42)/b37-30-. The number of anilines is 1. The Bertz CT molecular complexity index is 1670. The van der Waals surface area contributed by atoms with E-state index in [0.29, 0.717) is 29.6 Å². The molecule has 13 heteroatoms. The van der Waals surface area contributed by atoms with Crippen molar-refractivity contribution < 1.29 is 27.5 Å². The fourth-order valence-electron chi connectivity index (χ4n) is 4.63. The molecule has 2 heterocycles. The van der Waals surface area contributed by atoms with Gasteiger partial charge in [0.2, 0.25) is 5.91 Å². The van der Waals surface area contributed by atoms with Gasteiger partial charge in [0.15, 0.2) is 11.0 Å². The summed E-state index contributed by atoms with van der Waals surface area (Å²) in [6, 6.07) is 18.3. The number of hydrogen-bond acceptors (Lipinski definition) is 6. The number of carbonyl (C=O) groups is 2. The minimum absolute atomic E-state index is 0.0997. The Balaban J connectivity index is 1.17. The second-order valence-electron chi connectivity index (χ2n) is 10.0. The van der Waals surface area contributed by atoms with E-state index in [1.165, 1.54) is 47.0 Å². The van der Waals surface area contributed by atoms with Crippen LogP contribution in [-0.2, 0) is 17.6 Å². The molecule has 4 aromatic rings. The number of ether oxygens (including phenoxy) is 1. The second kappa shape index (κ2) is 13.3. The third-order valence-corrected chi connectivity index (χ3v) is 7.62. The zero-order valence-corrected chi connectivity index (χ0v) is 24.8. The number of rotatable bonds is 9. The topological polar surface area (TPSA) is 102 Å². The highest BCUT2D eigenvalue weighted by atomic mass is 32.2. The highest BCUT2D eigenvalue weighted by molar-refractivity contribution is 8.15. The summed E-state index contributed by atoms with van der Waals surface area (Å²) in [5.41, 5.74) is 5.09. The molecule has 44 heavy (non-hydrogen) atoms. The van der Waals surface area contributed by atoms with Crippen molar-refractivity contribution in [1.82, 2.24) is 20.1 Å².